The van der Waals surface area contributed by atoms with E-state index in [1.54, 1.807) is 37.3 Å². The monoisotopic (exact) mass is 541 g/mol. The van der Waals surface area contributed by atoms with E-state index >= 15 is 0 Å². The minimum atomic E-state index is -3.81. The summed E-state index contributed by atoms with van der Waals surface area (Å²) < 4.78 is 26.5. The number of rotatable bonds is 8. The first-order chi connectivity index (χ1) is 16.0. The lowest BCUT2D eigenvalue weighted by Gasteiger charge is -2.33. The van der Waals surface area contributed by atoms with Gasteiger partial charge in [-0.25, -0.2) is 8.42 Å². The number of carbonyl (C=O) groups is 2. The quantitative estimate of drug-likeness (QED) is 0.524. The van der Waals surface area contributed by atoms with Gasteiger partial charge in [-0.05, 0) is 76.9 Å². The van der Waals surface area contributed by atoms with Crippen LogP contribution in [0.3, 0.4) is 0 Å². The van der Waals surface area contributed by atoms with E-state index in [0.29, 0.717) is 21.3 Å². The molecule has 2 amide bonds. The Bertz CT molecular complexity index is 1170. The molecule has 2 aromatic rings. The number of nitrogens with one attached hydrogen (secondary N) is 1. The third kappa shape index (κ3) is 8.12. The van der Waals surface area contributed by atoms with Crippen LogP contribution in [0.15, 0.2) is 36.4 Å². The van der Waals surface area contributed by atoms with Crippen molar-refractivity contribution in [2.45, 2.75) is 59.7 Å². The lowest BCUT2D eigenvalue weighted by Crippen LogP contribution is -2.54. The minimum absolute atomic E-state index is 0.0689. The van der Waals surface area contributed by atoms with Gasteiger partial charge in [0.25, 0.3) is 0 Å². The fourth-order valence-corrected chi connectivity index (χ4v) is 4.97. The summed E-state index contributed by atoms with van der Waals surface area (Å²) in [6, 6.07) is 9.36. The maximum atomic E-state index is 13.6. The molecule has 0 saturated heterocycles. The van der Waals surface area contributed by atoms with Crippen LogP contribution in [0.4, 0.5) is 5.69 Å². The largest absolute Gasteiger partial charge is 0.350 e. The smallest absolute Gasteiger partial charge is 0.244 e. The van der Waals surface area contributed by atoms with Crippen LogP contribution < -0.4 is 9.62 Å². The molecule has 192 valence electrons. The molecule has 0 aliphatic rings. The molecule has 0 saturated carbocycles. The van der Waals surface area contributed by atoms with Gasteiger partial charge < -0.3 is 10.2 Å². The Balaban J connectivity index is 2.50. The maximum absolute atomic E-state index is 13.6. The number of sulfonamides is 1. The number of carbonyl (C=O) groups excluding carboxylic acids is 2. The van der Waals surface area contributed by atoms with Crippen LogP contribution in [-0.4, -0.2) is 49.5 Å². The number of hydrogen-bond donors (Lipinski definition) is 1. The number of halogens is 2. The number of amides is 2. The van der Waals surface area contributed by atoms with Crippen LogP contribution in [0.5, 0.6) is 0 Å². The average Bonchev–Trinajstić information content (AvgIpc) is 2.68. The Morgan fingerprint density at radius 1 is 1.03 bits per heavy atom. The summed E-state index contributed by atoms with van der Waals surface area (Å²) in [4.78, 5) is 27.9. The first-order valence-electron chi connectivity index (χ1n) is 11.1. The Hall–Kier alpha value is -2.29. The van der Waals surface area contributed by atoms with Crippen molar-refractivity contribution < 1.29 is 18.0 Å². The van der Waals surface area contributed by atoms with E-state index in [0.717, 1.165) is 21.7 Å². The fraction of sp³-hybridized carbons (Fsp3) is 0.440. The van der Waals surface area contributed by atoms with Gasteiger partial charge in [0.1, 0.15) is 12.6 Å². The highest BCUT2D eigenvalue weighted by Gasteiger charge is 2.32. The van der Waals surface area contributed by atoms with Gasteiger partial charge in [0, 0.05) is 27.7 Å². The molecule has 1 N–H and O–H groups in total. The summed E-state index contributed by atoms with van der Waals surface area (Å²) in [7, 11) is -3.81. The standard InChI is InChI=1S/C25H33Cl2N3O4S/c1-16-11-17(2)13-19(12-16)30(35(7,33)34)15-23(31)29(18(3)24(32)28-25(4,5)6)14-20-21(26)9-8-10-22(20)27/h8-13,18H,14-15H2,1-7H3,(H,28,32). The Morgan fingerprint density at radius 3 is 2.00 bits per heavy atom. The topological polar surface area (TPSA) is 86.8 Å². The number of nitrogens with zero attached hydrogens (tertiary/aromatic N) is 2. The van der Waals surface area contributed by atoms with E-state index in [-0.39, 0.29) is 12.5 Å². The molecule has 0 aliphatic carbocycles. The molecule has 1 unspecified atom stereocenters. The van der Waals surface area contributed by atoms with Gasteiger partial charge in [0.05, 0.1) is 11.9 Å². The highest BCUT2D eigenvalue weighted by atomic mass is 35.5. The van der Waals surface area contributed by atoms with Gasteiger partial charge in [-0.2, -0.15) is 0 Å². The lowest BCUT2D eigenvalue weighted by atomic mass is 10.1. The van der Waals surface area contributed by atoms with Crippen molar-refractivity contribution in [3.8, 4) is 0 Å². The maximum Gasteiger partial charge on any atom is 0.244 e. The van der Waals surface area contributed by atoms with Crippen LogP contribution >= 0.6 is 23.2 Å². The summed E-state index contributed by atoms with van der Waals surface area (Å²) in [5.41, 5.74) is 2.04. The lowest BCUT2D eigenvalue weighted by molar-refractivity contribution is -0.140. The van der Waals surface area contributed by atoms with Crippen LogP contribution in [0.2, 0.25) is 10.0 Å². The molecule has 0 radical (unpaired) electrons. The van der Waals surface area contributed by atoms with Crippen molar-refractivity contribution in [2.75, 3.05) is 17.1 Å². The molecule has 0 fully saturated rings. The van der Waals surface area contributed by atoms with Gasteiger partial charge >= 0.3 is 0 Å². The van der Waals surface area contributed by atoms with Crippen LogP contribution in [-0.2, 0) is 26.2 Å². The second-order valence-corrected chi connectivity index (χ2v) is 12.5. The molecule has 0 aliphatic heterocycles. The molecular formula is C25H33Cl2N3O4S. The number of anilines is 1. The number of benzene rings is 2. The zero-order valence-electron chi connectivity index (χ0n) is 21.1. The molecule has 35 heavy (non-hydrogen) atoms. The summed E-state index contributed by atoms with van der Waals surface area (Å²) in [5, 5.41) is 3.55. The third-order valence-corrected chi connectivity index (χ3v) is 7.08. The van der Waals surface area contributed by atoms with Crippen LogP contribution in [0.1, 0.15) is 44.4 Å². The highest BCUT2D eigenvalue weighted by Crippen LogP contribution is 2.27. The first kappa shape index (κ1) is 28.9. The summed E-state index contributed by atoms with van der Waals surface area (Å²) >= 11 is 12.7. The number of hydrogen-bond acceptors (Lipinski definition) is 4. The molecule has 2 rings (SSSR count). The Kier molecular flexibility index (Phi) is 9.25. The number of aryl methyl sites for hydroxylation is 2. The van der Waals surface area contributed by atoms with Crippen molar-refractivity contribution in [3.05, 3.63) is 63.1 Å². The van der Waals surface area contributed by atoms with E-state index in [1.807, 2.05) is 40.7 Å². The van der Waals surface area contributed by atoms with Gasteiger partial charge in [0.2, 0.25) is 21.8 Å². The van der Waals surface area contributed by atoms with Crippen molar-refractivity contribution in [3.63, 3.8) is 0 Å². The molecule has 7 nitrogen and oxygen atoms in total. The highest BCUT2D eigenvalue weighted by molar-refractivity contribution is 7.92. The molecule has 2 aromatic carbocycles. The predicted molar refractivity (Wildman–Crippen MR) is 142 cm³/mol. The molecule has 1 atom stereocenters. The SMILES string of the molecule is Cc1cc(C)cc(N(CC(=O)N(Cc2c(Cl)cccc2Cl)C(C)C(=O)NC(C)(C)C)S(C)(=O)=O)c1. The summed E-state index contributed by atoms with van der Waals surface area (Å²) in [6.07, 6.45) is 1.04. The summed E-state index contributed by atoms with van der Waals surface area (Å²) in [6.45, 7) is 10.2. The van der Waals surface area contributed by atoms with E-state index in [4.69, 9.17) is 23.2 Å². The van der Waals surface area contributed by atoms with E-state index in [1.165, 1.54) is 4.90 Å². The molecule has 0 heterocycles. The molecule has 0 aromatic heterocycles. The molecule has 0 spiro atoms. The average molecular weight is 543 g/mol. The van der Waals surface area contributed by atoms with Crippen molar-refractivity contribution in [1.29, 1.82) is 0 Å². The van der Waals surface area contributed by atoms with Gasteiger partial charge in [-0.15, -0.1) is 0 Å². The molecule has 10 heteroatoms. The second kappa shape index (κ2) is 11.2. The van der Waals surface area contributed by atoms with E-state index in [9.17, 15) is 18.0 Å². The normalized spacial score (nSPS) is 12.7. The van der Waals surface area contributed by atoms with Crippen molar-refractivity contribution >= 4 is 50.7 Å². The van der Waals surface area contributed by atoms with Crippen molar-refractivity contribution in [1.82, 2.24) is 10.2 Å². The van der Waals surface area contributed by atoms with E-state index in [2.05, 4.69) is 5.32 Å². The van der Waals surface area contributed by atoms with Gasteiger partial charge in [0.15, 0.2) is 0 Å². The second-order valence-electron chi connectivity index (χ2n) is 9.75. The van der Waals surface area contributed by atoms with E-state index < -0.39 is 34.1 Å². The van der Waals surface area contributed by atoms with Crippen molar-refractivity contribution in [2.24, 2.45) is 0 Å². The van der Waals surface area contributed by atoms with Gasteiger partial charge in [-0.1, -0.05) is 35.3 Å². The predicted octanol–water partition coefficient (Wildman–Crippen LogP) is 4.71. The molecular weight excluding hydrogens is 509 g/mol. The summed E-state index contributed by atoms with van der Waals surface area (Å²) in [5.74, 6) is -0.950. The minimum Gasteiger partial charge on any atom is -0.350 e. The Labute approximate surface area is 218 Å². The first-order valence-corrected chi connectivity index (χ1v) is 13.7. The third-order valence-electron chi connectivity index (χ3n) is 5.23. The Morgan fingerprint density at radius 2 is 1.54 bits per heavy atom. The van der Waals surface area contributed by atoms with Crippen LogP contribution in [0.25, 0.3) is 0 Å². The van der Waals surface area contributed by atoms with Gasteiger partial charge in [-0.3, -0.25) is 13.9 Å². The fourth-order valence-electron chi connectivity index (χ4n) is 3.62. The zero-order valence-corrected chi connectivity index (χ0v) is 23.5. The van der Waals surface area contributed by atoms with Crippen LogP contribution in [0, 0.1) is 13.8 Å². The zero-order chi connectivity index (χ0) is 26.7. The molecule has 0 bridgehead atoms.